The quantitative estimate of drug-likeness (QED) is 0.252. The number of hydrogen-bond acceptors (Lipinski definition) is 4. The summed E-state index contributed by atoms with van der Waals surface area (Å²) in [5.41, 5.74) is 3.17. The molecule has 1 unspecified atom stereocenters. The van der Waals surface area contributed by atoms with Crippen LogP contribution in [0, 0.1) is 5.82 Å². The van der Waals surface area contributed by atoms with E-state index in [1.807, 2.05) is 30.3 Å². The molecule has 0 aromatic heterocycles. The van der Waals surface area contributed by atoms with Gasteiger partial charge >= 0.3 is 5.97 Å². The summed E-state index contributed by atoms with van der Waals surface area (Å²) in [4.78, 5) is 11.6. The molecule has 0 bridgehead atoms. The summed E-state index contributed by atoms with van der Waals surface area (Å²) in [5.74, 6) is 0.338. The number of halogens is 1. The maximum atomic E-state index is 14.9. The minimum absolute atomic E-state index is 0.207. The van der Waals surface area contributed by atoms with Crippen LogP contribution in [0.2, 0.25) is 0 Å². The molecule has 32 heavy (non-hydrogen) atoms. The molecule has 0 N–H and O–H groups in total. The molecule has 1 atom stereocenters. The van der Waals surface area contributed by atoms with Gasteiger partial charge in [0.25, 0.3) is 0 Å². The Balaban J connectivity index is 1.46. The molecule has 0 aliphatic carbocycles. The van der Waals surface area contributed by atoms with Gasteiger partial charge in [0.15, 0.2) is 6.29 Å². The van der Waals surface area contributed by atoms with Crippen LogP contribution in [0.3, 0.4) is 0 Å². The molecule has 0 amide bonds. The van der Waals surface area contributed by atoms with Crippen molar-refractivity contribution in [1.29, 1.82) is 0 Å². The van der Waals surface area contributed by atoms with Crippen molar-refractivity contribution in [2.24, 2.45) is 0 Å². The maximum absolute atomic E-state index is 14.9. The largest absolute Gasteiger partial charge is 0.465 e. The van der Waals surface area contributed by atoms with Crippen molar-refractivity contribution >= 4 is 5.97 Å². The lowest BCUT2D eigenvalue weighted by Gasteiger charge is -2.23. The maximum Gasteiger partial charge on any atom is 0.338 e. The van der Waals surface area contributed by atoms with Gasteiger partial charge in [0.1, 0.15) is 17.3 Å². The summed E-state index contributed by atoms with van der Waals surface area (Å²) in [6.07, 6.45) is 2.85. The number of ether oxygens (including phenoxy) is 3. The van der Waals surface area contributed by atoms with Gasteiger partial charge in [-0.3, -0.25) is 0 Å². The number of rotatable bonds is 6. The fourth-order valence-electron chi connectivity index (χ4n) is 3.51. The number of benzene rings is 3. The highest BCUT2D eigenvalue weighted by Gasteiger charge is 2.15. The van der Waals surface area contributed by atoms with E-state index in [2.05, 4.69) is 6.58 Å². The van der Waals surface area contributed by atoms with Crippen LogP contribution in [-0.2, 0) is 9.53 Å². The fourth-order valence-corrected chi connectivity index (χ4v) is 3.51. The predicted octanol–water partition coefficient (Wildman–Crippen LogP) is 6.55. The fraction of sp³-hybridized carbons (Fsp3) is 0.222. The minimum atomic E-state index is -0.476. The third-order valence-electron chi connectivity index (χ3n) is 5.29. The van der Waals surface area contributed by atoms with Gasteiger partial charge in [0, 0.05) is 17.6 Å². The number of carbonyl (C=O) groups excluding carboxylic acids is 1. The zero-order valence-electron chi connectivity index (χ0n) is 18.0. The molecule has 164 valence electrons. The summed E-state index contributed by atoms with van der Waals surface area (Å²) in [6.45, 7) is 5.88. The Kier molecular flexibility index (Phi) is 6.66. The second kappa shape index (κ2) is 9.79. The van der Waals surface area contributed by atoms with Gasteiger partial charge in [-0.05, 0) is 66.8 Å². The van der Waals surface area contributed by atoms with Crippen LogP contribution in [0.25, 0.3) is 22.3 Å². The van der Waals surface area contributed by atoms with E-state index in [4.69, 9.17) is 14.2 Å². The average molecular weight is 432 g/mol. The molecule has 3 aromatic rings. The molecule has 0 saturated carbocycles. The van der Waals surface area contributed by atoms with Gasteiger partial charge in [0.2, 0.25) is 0 Å². The molecule has 1 fully saturated rings. The van der Waals surface area contributed by atoms with Crippen LogP contribution in [0.4, 0.5) is 4.39 Å². The topological polar surface area (TPSA) is 44.8 Å². The number of esters is 1. The highest BCUT2D eigenvalue weighted by molar-refractivity contribution is 5.88. The average Bonchev–Trinajstić information content (AvgIpc) is 2.81. The summed E-state index contributed by atoms with van der Waals surface area (Å²) in [6, 6.07) is 19.4. The predicted molar refractivity (Wildman–Crippen MR) is 122 cm³/mol. The van der Waals surface area contributed by atoms with Crippen LogP contribution < -0.4 is 9.47 Å². The Bertz CT molecular complexity index is 1100. The lowest BCUT2D eigenvalue weighted by Crippen LogP contribution is -2.24. The second-order valence-electron chi connectivity index (χ2n) is 7.83. The van der Waals surface area contributed by atoms with Gasteiger partial charge in [-0.15, -0.1) is 0 Å². The van der Waals surface area contributed by atoms with E-state index < -0.39 is 5.97 Å². The molecule has 3 aromatic carbocycles. The van der Waals surface area contributed by atoms with E-state index in [1.165, 1.54) is 6.07 Å². The standard InChI is InChI=1S/C27H25FO4/c1-18(2)27(29)32-23-11-6-19(7-12-23)21-10-15-24(25(28)17-21)20-8-13-22(14-9-20)31-26-5-3-4-16-30-26/h6-15,17,26H,1,3-5,16H2,2H3. The van der Waals surface area contributed by atoms with Crippen LogP contribution in [0.5, 0.6) is 11.5 Å². The van der Waals surface area contributed by atoms with E-state index >= 15 is 0 Å². The monoisotopic (exact) mass is 432 g/mol. The first-order valence-electron chi connectivity index (χ1n) is 10.7. The van der Waals surface area contributed by atoms with Crippen molar-refractivity contribution in [2.75, 3.05) is 6.61 Å². The number of carbonyl (C=O) groups is 1. The Morgan fingerprint density at radius 1 is 0.938 bits per heavy atom. The summed E-state index contributed by atoms with van der Waals surface area (Å²) >= 11 is 0. The Morgan fingerprint density at radius 2 is 1.59 bits per heavy atom. The second-order valence-corrected chi connectivity index (χ2v) is 7.83. The molecule has 0 radical (unpaired) electrons. The van der Waals surface area contributed by atoms with Crippen molar-refractivity contribution in [2.45, 2.75) is 32.5 Å². The molecule has 4 rings (SSSR count). The van der Waals surface area contributed by atoms with Crippen LogP contribution in [-0.4, -0.2) is 18.9 Å². The van der Waals surface area contributed by atoms with Crippen LogP contribution >= 0.6 is 0 Å². The molecule has 1 aliphatic rings. The lowest BCUT2D eigenvalue weighted by molar-refractivity contribution is -0.130. The third kappa shape index (κ3) is 5.24. The van der Waals surface area contributed by atoms with E-state index in [9.17, 15) is 9.18 Å². The first-order valence-corrected chi connectivity index (χ1v) is 10.7. The van der Waals surface area contributed by atoms with Crippen molar-refractivity contribution in [1.82, 2.24) is 0 Å². The molecule has 5 heteroatoms. The zero-order chi connectivity index (χ0) is 22.5. The van der Waals surface area contributed by atoms with Crippen molar-refractivity contribution in [3.63, 3.8) is 0 Å². The van der Waals surface area contributed by atoms with Crippen LogP contribution in [0.1, 0.15) is 26.2 Å². The van der Waals surface area contributed by atoms with Crippen molar-refractivity contribution in [3.8, 4) is 33.8 Å². The molecule has 4 nitrogen and oxygen atoms in total. The van der Waals surface area contributed by atoms with E-state index in [1.54, 1.807) is 37.3 Å². The summed E-state index contributed by atoms with van der Waals surface area (Å²) in [5, 5.41) is 0. The van der Waals surface area contributed by atoms with Gasteiger partial charge in [0.05, 0.1) is 6.61 Å². The van der Waals surface area contributed by atoms with Crippen molar-refractivity contribution in [3.05, 3.63) is 84.7 Å². The summed E-state index contributed by atoms with van der Waals surface area (Å²) < 4.78 is 31.5. The minimum Gasteiger partial charge on any atom is -0.465 e. The van der Waals surface area contributed by atoms with E-state index in [0.29, 0.717) is 22.6 Å². The van der Waals surface area contributed by atoms with Gasteiger partial charge in [-0.25, -0.2) is 9.18 Å². The van der Waals surface area contributed by atoms with Gasteiger partial charge in [-0.1, -0.05) is 43.0 Å². The smallest absolute Gasteiger partial charge is 0.338 e. The molecule has 1 saturated heterocycles. The zero-order valence-corrected chi connectivity index (χ0v) is 18.0. The highest BCUT2D eigenvalue weighted by Crippen LogP contribution is 2.30. The highest BCUT2D eigenvalue weighted by atomic mass is 19.1. The SMILES string of the molecule is C=C(C)C(=O)Oc1ccc(-c2ccc(-c3ccc(OC4CCCCO4)cc3)c(F)c2)cc1. The molecular formula is C27H25FO4. The summed E-state index contributed by atoms with van der Waals surface area (Å²) in [7, 11) is 0. The van der Waals surface area contributed by atoms with E-state index in [-0.39, 0.29) is 12.1 Å². The Hall–Kier alpha value is -3.44. The molecule has 0 spiro atoms. The molecule has 1 heterocycles. The van der Waals surface area contributed by atoms with Crippen molar-refractivity contribution < 1.29 is 23.4 Å². The normalized spacial score (nSPS) is 15.8. The Labute approximate surface area is 187 Å². The third-order valence-corrected chi connectivity index (χ3v) is 5.29. The lowest BCUT2D eigenvalue weighted by atomic mass is 9.99. The molecular weight excluding hydrogens is 407 g/mol. The first kappa shape index (κ1) is 21.8. The molecule has 1 aliphatic heterocycles. The first-order chi connectivity index (χ1) is 15.5. The Morgan fingerprint density at radius 3 is 2.22 bits per heavy atom. The van der Waals surface area contributed by atoms with E-state index in [0.717, 1.165) is 42.6 Å². The number of hydrogen-bond donors (Lipinski definition) is 0. The van der Waals surface area contributed by atoms with Gasteiger partial charge < -0.3 is 14.2 Å². The van der Waals surface area contributed by atoms with Gasteiger partial charge in [-0.2, -0.15) is 0 Å². The van der Waals surface area contributed by atoms with Crippen LogP contribution in [0.15, 0.2) is 78.9 Å².